The van der Waals surface area contributed by atoms with Crippen LogP contribution >= 0.6 is 23.1 Å². The lowest BCUT2D eigenvalue weighted by atomic mass is 10.2. The maximum Gasteiger partial charge on any atom is 0.268 e. The maximum absolute atomic E-state index is 14.0. The second-order valence-corrected chi connectivity index (χ2v) is 11.1. The Labute approximate surface area is 233 Å². The molecule has 39 heavy (non-hydrogen) atoms. The normalized spacial score (nSPS) is 11.4. The predicted octanol–water partition coefficient (Wildman–Crippen LogP) is 7.40. The number of thiophene rings is 1. The number of Topliss-reactive ketones (excluding diaryl/α,β-unsaturated/α-hetero) is 1. The van der Waals surface area contributed by atoms with Gasteiger partial charge in [0.25, 0.3) is 5.56 Å². The van der Waals surface area contributed by atoms with Crippen LogP contribution < -0.4 is 5.56 Å². The van der Waals surface area contributed by atoms with E-state index >= 15 is 0 Å². The van der Waals surface area contributed by atoms with E-state index in [0.717, 1.165) is 28.4 Å². The summed E-state index contributed by atoms with van der Waals surface area (Å²) in [5.41, 5.74) is 4.81. The average Bonchev–Trinajstić information content (AvgIpc) is 3.65. The number of carbonyl (C=O) groups excluding carboxylic acids is 1. The minimum Gasteiger partial charge on any atom is -0.461 e. The molecule has 0 radical (unpaired) electrons. The van der Waals surface area contributed by atoms with Crippen LogP contribution in [-0.4, -0.2) is 25.7 Å². The van der Waals surface area contributed by atoms with Gasteiger partial charge >= 0.3 is 0 Å². The Morgan fingerprint density at radius 3 is 2.23 bits per heavy atom. The predicted molar refractivity (Wildman–Crippen MR) is 158 cm³/mol. The zero-order valence-corrected chi connectivity index (χ0v) is 23.3. The Kier molecular flexibility index (Phi) is 6.58. The number of benzene rings is 2. The molecule has 0 saturated carbocycles. The van der Waals surface area contributed by atoms with Crippen LogP contribution in [0.3, 0.4) is 0 Å². The van der Waals surface area contributed by atoms with E-state index in [9.17, 15) is 9.59 Å². The third-order valence-corrected chi connectivity index (χ3v) is 8.49. The molecule has 0 fully saturated rings. The highest BCUT2D eigenvalue weighted by Crippen LogP contribution is 2.34. The first-order valence-electron chi connectivity index (χ1n) is 12.5. The quantitative estimate of drug-likeness (QED) is 0.117. The van der Waals surface area contributed by atoms with E-state index in [1.807, 2.05) is 105 Å². The van der Waals surface area contributed by atoms with Crippen LogP contribution in [0.5, 0.6) is 0 Å². The lowest BCUT2D eigenvalue weighted by molar-refractivity contribution is 0.102. The molecule has 0 bridgehead atoms. The van der Waals surface area contributed by atoms with Gasteiger partial charge in [0, 0.05) is 33.6 Å². The zero-order valence-electron chi connectivity index (χ0n) is 21.7. The van der Waals surface area contributed by atoms with Gasteiger partial charge in [-0.05, 0) is 63.2 Å². The summed E-state index contributed by atoms with van der Waals surface area (Å²) in [4.78, 5) is 32.9. The first kappa shape index (κ1) is 25.2. The van der Waals surface area contributed by atoms with Gasteiger partial charge in [0.05, 0.1) is 16.8 Å². The number of para-hydroxylation sites is 2. The Hall–Kier alpha value is -4.14. The average molecular weight is 552 g/mol. The highest BCUT2D eigenvalue weighted by atomic mass is 32.2. The zero-order chi connectivity index (χ0) is 27.1. The molecule has 4 aromatic heterocycles. The number of aromatic nitrogens is 3. The number of hydrogen-bond acceptors (Lipinski definition) is 6. The number of thioether (sulfide) groups is 1. The highest BCUT2D eigenvalue weighted by Gasteiger charge is 2.22. The number of rotatable bonds is 7. The maximum atomic E-state index is 14.0. The van der Waals surface area contributed by atoms with Gasteiger partial charge in [-0.25, -0.2) is 4.98 Å². The molecule has 0 saturated heterocycles. The Morgan fingerprint density at radius 1 is 0.923 bits per heavy atom. The van der Waals surface area contributed by atoms with Gasteiger partial charge in [-0.2, -0.15) is 0 Å². The van der Waals surface area contributed by atoms with Crippen molar-refractivity contribution in [3.05, 3.63) is 117 Å². The molecule has 0 spiro atoms. The summed E-state index contributed by atoms with van der Waals surface area (Å²) in [6.45, 7) is 5.84. The summed E-state index contributed by atoms with van der Waals surface area (Å²) in [5, 5.41) is 2.90. The fourth-order valence-electron chi connectivity index (χ4n) is 4.86. The largest absolute Gasteiger partial charge is 0.461 e. The molecular weight excluding hydrogens is 526 g/mol. The highest BCUT2D eigenvalue weighted by molar-refractivity contribution is 7.99. The minimum atomic E-state index is -0.186. The van der Waals surface area contributed by atoms with Crippen molar-refractivity contribution in [2.24, 2.45) is 0 Å². The number of carbonyl (C=O) groups is 1. The molecule has 6 aromatic rings. The van der Waals surface area contributed by atoms with Gasteiger partial charge < -0.3 is 8.98 Å². The smallest absolute Gasteiger partial charge is 0.268 e. The topological polar surface area (TPSA) is 70.0 Å². The molecule has 0 aliphatic carbocycles. The number of aryl methyl sites for hydroxylation is 2. The van der Waals surface area contributed by atoms with Crippen molar-refractivity contribution in [1.82, 2.24) is 14.1 Å². The summed E-state index contributed by atoms with van der Waals surface area (Å²) in [7, 11) is 0. The van der Waals surface area contributed by atoms with E-state index in [1.165, 1.54) is 23.1 Å². The molecule has 194 valence electrons. The molecule has 0 aliphatic heterocycles. The fourth-order valence-corrected chi connectivity index (χ4v) is 6.73. The first-order chi connectivity index (χ1) is 18.9. The van der Waals surface area contributed by atoms with Gasteiger partial charge in [-0.1, -0.05) is 48.2 Å². The Morgan fingerprint density at radius 2 is 1.59 bits per heavy atom. The Balaban J connectivity index is 1.39. The Bertz CT molecular complexity index is 1880. The summed E-state index contributed by atoms with van der Waals surface area (Å²) in [6, 6.07) is 25.1. The third kappa shape index (κ3) is 4.56. The van der Waals surface area contributed by atoms with E-state index in [4.69, 9.17) is 9.40 Å². The van der Waals surface area contributed by atoms with Crippen LogP contribution in [0, 0.1) is 20.8 Å². The molecule has 8 heteroatoms. The van der Waals surface area contributed by atoms with Crippen LogP contribution in [0.25, 0.3) is 32.9 Å². The van der Waals surface area contributed by atoms with Crippen LogP contribution in [-0.2, 0) is 0 Å². The molecule has 2 aromatic carbocycles. The summed E-state index contributed by atoms with van der Waals surface area (Å²) in [5.74, 6) is 1.56. The number of nitrogens with zero attached hydrogens (tertiary/aromatic N) is 3. The lowest BCUT2D eigenvalue weighted by Crippen LogP contribution is -2.22. The van der Waals surface area contributed by atoms with Crippen LogP contribution in [0.2, 0.25) is 0 Å². The minimum absolute atomic E-state index is 0.0119. The van der Waals surface area contributed by atoms with Crippen molar-refractivity contribution < 1.29 is 9.21 Å². The van der Waals surface area contributed by atoms with Crippen LogP contribution in [0.4, 0.5) is 0 Å². The fraction of sp³-hybridized carbons (Fsp3) is 0.129. The van der Waals surface area contributed by atoms with E-state index in [-0.39, 0.29) is 17.1 Å². The third-order valence-electron chi connectivity index (χ3n) is 6.68. The molecule has 4 heterocycles. The van der Waals surface area contributed by atoms with E-state index < -0.39 is 0 Å². The van der Waals surface area contributed by atoms with Gasteiger partial charge in [0.2, 0.25) is 0 Å². The number of ketones is 1. The molecular formula is C31H25N3O3S2. The van der Waals surface area contributed by atoms with Crippen molar-refractivity contribution in [3.8, 4) is 22.7 Å². The van der Waals surface area contributed by atoms with Crippen molar-refractivity contribution in [3.63, 3.8) is 0 Å². The molecule has 0 N–H and O–H groups in total. The summed E-state index contributed by atoms with van der Waals surface area (Å²) >= 11 is 2.68. The second kappa shape index (κ2) is 10.2. The van der Waals surface area contributed by atoms with Gasteiger partial charge in [0.15, 0.2) is 10.9 Å². The lowest BCUT2D eigenvalue weighted by Gasteiger charge is -2.12. The monoisotopic (exact) mass is 551 g/mol. The van der Waals surface area contributed by atoms with Crippen molar-refractivity contribution in [2.45, 2.75) is 25.9 Å². The SMILES string of the molecule is Cc1ccc(-c2csc3nc(SCC(=O)c4cc(C)n(-c5ccccc5)c4C)n(-c4ccccc4)c(=O)c23)o1. The number of hydrogen-bond donors (Lipinski definition) is 0. The number of furan rings is 1. The van der Waals surface area contributed by atoms with Crippen LogP contribution in [0.15, 0.2) is 98.6 Å². The number of fused-ring (bicyclic) bond motifs is 1. The van der Waals surface area contributed by atoms with Crippen molar-refractivity contribution >= 4 is 39.1 Å². The van der Waals surface area contributed by atoms with Gasteiger partial charge in [-0.15, -0.1) is 11.3 Å². The van der Waals surface area contributed by atoms with E-state index in [1.54, 1.807) is 4.57 Å². The molecule has 0 aliphatic rings. The first-order valence-corrected chi connectivity index (χ1v) is 14.4. The van der Waals surface area contributed by atoms with Crippen molar-refractivity contribution in [2.75, 3.05) is 5.75 Å². The summed E-state index contributed by atoms with van der Waals surface area (Å²) < 4.78 is 9.51. The molecule has 6 nitrogen and oxygen atoms in total. The van der Waals surface area contributed by atoms with E-state index in [0.29, 0.717) is 32.4 Å². The second-order valence-electron chi connectivity index (χ2n) is 9.28. The van der Waals surface area contributed by atoms with E-state index in [2.05, 4.69) is 4.57 Å². The standard InChI is InChI=1S/C31H25N3O3S2/c1-19-16-24(21(3)33(19)22-10-6-4-7-11-22)26(35)18-39-31-32-29-28(25(17-38-29)27-15-14-20(2)37-27)30(36)34(31)23-12-8-5-9-13-23/h4-17H,18H2,1-3H3. The molecule has 0 amide bonds. The van der Waals surface area contributed by atoms with Gasteiger partial charge in [-0.3, -0.25) is 14.2 Å². The molecule has 6 rings (SSSR count). The molecule has 0 unspecified atom stereocenters. The van der Waals surface area contributed by atoms with Crippen LogP contribution in [0.1, 0.15) is 27.5 Å². The summed E-state index contributed by atoms with van der Waals surface area (Å²) in [6.07, 6.45) is 0. The van der Waals surface area contributed by atoms with Crippen molar-refractivity contribution in [1.29, 1.82) is 0 Å². The van der Waals surface area contributed by atoms with Gasteiger partial charge in [0.1, 0.15) is 16.4 Å². The molecule has 0 atom stereocenters.